The molecule has 2 rings (SSSR count). The molecule has 4 nitrogen and oxygen atoms in total. The quantitative estimate of drug-likeness (QED) is 0.0739. The molecule has 0 spiro atoms. The fourth-order valence-electron chi connectivity index (χ4n) is 5.21. The zero-order valence-corrected chi connectivity index (χ0v) is 26.0. The van der Waals surface area contributed by atoms with Crippen molar-refractivity contribution in [2.45, 2.75) is 116 Å². The third-order valence-electron chi connectivity index (χ3n) is 7.66. The van der Waals surface area contributed by atoms with Crippen molar-refractivity contribution >= 4 is 5.97 Å². The summed E-state index contributed by atoms with van der Waals surface area (Å²) in [5.41, 5.74) is 2.73. The van der Waals surface area contributed by atoms with Crippen molar-refractivity contribution in [1.29, 1.82) is 0 Å². The van der Waals surface area contributed by atoms with Crippen LogP contribution in [-0.4, -0.2) is 44.3 Å². The van der Waals surface area contributed by atoms with E-state index in [-0.39, 0.29) is 5.97 Å². The van der Waals surface area contributed by atoms with Gasteiger partial charge in [0.2, 0.25) is 0 Å². The first-order chi connectivity index (χ1) is 19.5. The maximum atomic E-state index is 12.1. The maximum absolute atomic E-state index is 12.1. The number of benzene rings is 2. The van der Waals surface area contributed by atoms with Gasteiger partial charge in [0, 0.05) is 12.0 Å². The van der Waals surface area contributed by atoms with Gasteiger partial charge in [-0.25, -0.2) is 0 Å². The van der Waals surface area contributed by atoms with Gasteiger partial charge in [0.1, 0.15) is 12.3 Å². The SMILES string of the molecule is CCCCCCCCCCCCCc1ccc(OCCCCOC(=O)CCC[N+](C)(C)Cc2ccccc2)cc1. The highest BCUT2D eigenvalue weighted by Crippen LogP contribution is 2.16. The van der Waals surface area contributed by atoms with Gasteiger partial charge in [0.15, 0.2) is 0 Å². The summed E-state index contributed by atoms with van der Waals surface area (Å²) in [6.07, 6.45) is 19.4. The Hall–Kier alpha value is -2.33. The fraction of sp³-hybridized carbons (Fsp3) is 0.639. The summed E-state index contributed by atoms with van der Waals surface area (Å²) in [6.45, 7) is 5.33. The minimum absolute atomic E-state index is 0.0889. The van der Waals surface area contributed by atoms with E-state index in [4.69, 9.17) is 9.47 Å². The summed E-state index contributed by atoms with van der Waals surface area (Å²) in [6, 6.07) is 19.1. The summed E-state index contributed by atoms with van der Waals surface area (Å²) in [5, 5.41) is 0. The van der Waals surface area contributed by atoms with Gasteiger partial charge in [-0.1, -0.05) is 114 Å². The lowest BCUT2D eigenvalue weighted by molar-refractivity contribution is -0.903. The van der Waals surface area contributed by atoms with Gasteiger partial charge in [0.05, 0.1) is 40.3 Å². The van der Waals surface area contributed by atoms with E-state index < -0.39 is 0 Å². The largest absolute Gasteiger partial charge is 0.494 e. The standard InChI is InChI=1S/C36H58NO3/c1-4-5-6-7-8-9-10-11-12-13-15-21-33-25-27-35(28-26-33)39-30-18-19-31-40-36(38)24-20-29-37(2,3)32-34-22-16-14-17-23-34/h14,16-17,22-23,25-28H,4-13,15,18-21,24,29-32H2,1-3H3/q+1. The normalized spacial score (nSPS) is 11.5. The van der Waals surface area contributed by atoms with E-state index in [2.05, 4.69) is 69.6 Å². The molecule has 0 N–H and O–H groups in total. The number of esters is 1. The van der Waals surface area contributed by atoms with Crippen LogP contribution in [0, 0.1) is 0 Å². The van der Waals surface area contributed by atoms with Crippen LogP contribution >= 0.6 is 0 Å². The highest BCUT2D eigenvalue weighted by Gasteiger charge is 2.16. The van der Waals surface area contributed by atoms with Crippen molar-refractivity contribution in [3.05, 3.63) is 65.7 Å². The molecule has 0 aliphatic heterocycles. The summed E-state index contributed by atoms with van der Waals surface area (Å²) in [7, 11) is 4.43. The molecule has 0 unspecified atom stereocenters. The van der Waals surface area contributed by atoms with Gasteiger partial charge in [-0.15, -0.1) is 0 Å². The second-order valence-electron chi connectivity index (χ2n) is 12.1. The Balaban J connectivity index is 1.42. The zero-order chi connectivity index (χ0) is 28.7. The molecule has 0 saturated carbocycles. The molecular formula is C36H58NO3+. The molecule has 0 aliphatic carbocycles. The smallest absolute Gasteiger partial charge is 0.306 e. The molecule has 0 aliphatic rings. The minimum Gasteiger partial charge on any atom is -0.494 e. The number of quaternary nitrogens is 1. The number of nitrogens with zero attached hydrogens (tertiary/aromatic N) is 1. The first-order valence-corrected chi connectivity index (χ1v) is 16.2. The van der Waals surface area contributed by atoms with Crippen LogP contribution in [0.25, 0.3) is 0 Å². The molecule has 0 fully saturated rings. The molecule has 40 heavy (non-hydrogen) atoms. The first kappa shape index (κ1) is 33.9. The fourth-order valence-corrected chi connectivity index (χ4v) is 5.21. The Bertz CT molecular complexity index is 879. The summed E-state index contributed by atoms with van der Waals surface area (Å²) in [5.74, 6) is 0.838. The third kappa shape index (κ3) is 17.4. The van der Waals surface area contributed by atoms with Gasteiger partial charge < -0.3 is 14.0 Å². The van der Waals surface area contributed by atoms with E-state index in [1.165, 1.54) is 81.8 Å². The van der Waals surface area contributed by atoms with E-state index in [1.807, 2.05) is 6.07 Å². The number of hydrogen-bond acceptors (Lipinski definition) is 3. The number of aryl methyl sites for hydroxylation is 1. The highest BCUT2D eigenvalue weighted by molar-refractivity contribution is 5.69. The molecule has 0 radical (unpaired) electrons. The molecule has 0 heterocycles. The zero-order valence-electron chi connectivity index (χ0n) is 26.0. The van der Waals surface area contributed by atoms with Gasteiger partial charge in [-0.3, -0.25) is 4.79 Å². The average Bonchev–Trinajstić information content (AvgIpc) is 2.94. The number of ether oxygens (including phenoxy) is 2. The topological polar surface area (TPSA) is 35.5 Å². The van der Waals surface area contributed by atoms with Gasteiger partial charge >= 0.3 is 5.97 Å². The number of hydrogen-bond donors (Lipinski definition) is 0. The van der Waals surface area contributed by atoms with Crippen molar-refractivity contribution < 1.29 is 18.8 Å². The lowest BCUT2D eigenvalue weighted by Gasteiger charge is -2.29. The molecule has 224 valence electrons. The van der Waals surface area contributed by atoms with E-state index in [0.717, 1.165) is 49.0 Å². The van der Waals surface area contributed by atoms with Crippen LogP contribution in [0.5, 0.6) is 5.75 Å². The number of carbonyl (C=O) groups is 1. The van der Waals surface area contributed by atoms with Gasteiger partial charge in [-0.2, -0.15) is 0 Å². The Morgan fingerprint density at radius 3 is 1.90 bits per heavy atom. The molecule has 0 amide bonds. The summed E-state index contributed by atoms with van der Waals surface area (Å²) in [4.78, 5) is 12.1. The Kier molecular flexibility index (Phi) is 18.1. The van der Waals surface area contributed by atoms with Crippen molar-refractivity contribution in [3.63, 3.8) is 0 Å². The molecule has 0 bridgehead atoms. The predicted molar refractivity (Wildman–Crippen MR) is 169 cm³/mol. The van der Waals surface area contributed by atoms with Crippen molar-refractivity contribution in [2.24, 2.45) is 0 Å². The minimum atomic E-state index is -0.0889. The van der Waals surface area contributed by atoms with Crippen LogP contribution in [0.15, 0.2) is 54.6 Å². The van der Waals surface area contributed by atoms with Crippen LogP contribution in [0.1, 0.15) is 114 Å². The second kappa shape index (κ2) is 21.4. The average molecular weight is 553 g/mol. The molecule has 0 saturated heterocycles. The van der Waals surface area contributed by atoms with Gasteiger partial charge in [-0.05, 0) is 43.4 Å². The van der Waals surface area contributed by atoms with Gasteiger partial charge in [0.25, 0.3) is 0 Å². The van der Waals surface area contributed by atoms with E-state index in [1.54, 1.807) is 0 Å². The lowest BCUT2D eigenvalue weighted by atomic mass is 10.0. The first-order valence-electron chi connectivity index (χ1n) is 16.2. The Labute approximate surface area is 246 Å². The maximum Gasteiger partial charge on any atom is 0.306 e. The Morgan fingerprint density at radius 1 is 0.650 bits per heavy atom. The van der Waals surface area contributed by atoms with Crippen molar-refractivity contribution in [2.75, 3.05) is 33.9 Å². The highest BCUT2D eigenvalue weighted by atomic mass is 16.5. The van der Waals surface area contributed by atoms with E-state index in [0.29, 0.717) is 19.6 Å². The second-order valence-corrected chi connectivity index (χ2v) is 12.1. The van der Waals surface area contributed by atoms with Crippen LogP contribution in [0.2, 0.25) is 0 Å². The summed E-state index contributed by atoms with van der Waals surface area (Å²) < 4.78 is 12.2. The van der Waals surface area contributed by atoms with Crippen LogP contribution < -0.4 is 4.74 Å². The number of rotatable bonds is 24. The molecule has 4 heteroatoms. The summed E-state index contributed by atoms with van der Waals surface area (Å²) >= 11 is 0. The van der Waals surface area contributed by atoms with E-state index >= 15 is 0 Å². The van der Waals surface area contributed by atoms with Crippen molar-refractivity contribution in [3.8, 4) is 5.75 Å². The third-order valence-corrected chi connectivity index (χ3v) is 7.66. The van der Waals surface area contributed by atoms with Crippen LogP contribution in [0.3, 0.4) is 0 Å². The Morgan fingerprint density at radius 2 is 1.25 bits per heavy atom. The number of unbranched alkanes of at least 4 members (excludes halogenated alkanes) is 11. The van der Waals surface area contributed by atoms with Crippen LogP contribution in [0.4, 0.5) is 0 Å². The molecular weight excluding hydrogens is 494 g/mol. The molecule has 2 aromatic rings. The lowest BCUT2D eigenvalue weighted by Crippen LogP contribution is -2.39. The molecule has 0 atom stereocenters. The predicted octanol–water partition coefficient (Wildman–Crippen LogP) is 9.30. The monoisotopic (exact) mass is 552 g/mol. The van der Waals surface area contributed by atoms with E-state index in [9.17, 15) is 4.79 Å². The number of carbonyl (C=O) groups excluding carboxylic acids is 1. The van der Waals surface area contributed by atoms with Crippen LogP contribution in [-0.2, 0) is 22.5 Å². The van der Waals surface area contributed by atoms with Crippen molar-refractivity contribution in [1.82, 2.24) is 0 Å². The molecule has 0 aromatic heterocycles. The molecule has 2 aromatic carbocycles.